The van der Waals surface area contributed by atoms with Crippen molar-refractivity contribution in [3.63, 3.8) is 0 Å². The molecule has 0 aromatic heterocycles. The van der Waals surface area contributed by atoms with E-state index in [-0.39, 0.29) is 24.4 Å². The number of hydrogen-bond donors (Lipinski definition) is 1. The first-order valence-corrected chi connectivity index (χ1v) is 6.38. The third-order valence-corrected chi connectivity index (χ3v) is 3.18. The van der Waals surface area contributed by atoms with Crippen LogP contribution in [-0.2, 0) is 14.3 Å². The Morgan fingerprint density at radius 2 is 2.12 bits per heavy atom. The summed E-state index contributed by atoms with van der Waals surface area (Å²) >= 11 is 0. The normalized spacial score (nSPS) is 25.0. The lowest BCUT2D eigenvalue weighted by molar-refractivity contribution is -0.145. The molecule has 2 rings (SSSR count). The standard InChI is InChI=1S/C12H20N2O3/c1-2-6-17-7-5-14-8-10(15)13-11(12(14)16)9-3-4-9/h9,11H,2-8H2,1H3,(H,13,15). The SMILES string of the molecule is CCCOCCN1CC(=O)NC(C2CC2)C1=O. The van der Waals surface area contributed by atoms with Crippen LogP contribution in [0.3, 0.4) is 0 Å². The van der Waals surface area contributed by atoms with Crippen molar-refractivity contribution in [1.29, 1.82) is 0 Å². The monoisotopic (exact) mass is 240 g/mol. The van der Waals surface area contributed by atoms with E-state index in [1.54, 1.807) is 4.90 Å². The fraction of sp³-hybridized carbons (Fsp3) is 0.833. The van der Waals surface area contributed by atoms with E-state index >= 15 is 0 Å². The zero-order valence-corrected chi connectivity index (χ0v) is 10.3. The first-order valence-electron chi connectivity index (χ1n) is 6.38. The second-order valence-corrected chi connectivity index (χ2v) is 4.75. The van der Waals surface area contributed by atoms with Gasteiger partial charge in [-0.3, -0.25) is 9.59 Å². The van der Waals surface area contributed by atoms with Crippen molar-refractivity contribution < 1.29 is 14.3 Å². The van der Waals surface area contributed by atoms with Crippen LogP contribution in [0.1, 0.15) is 26.2 Å². The highest BCUT2D eigenvalue weighted by Gasteiger charge is 2.42. The van der Waals surface area contributed by atoms with E-state index in [9.17, 15) is 9.59 Å². The molecule has 0 aromatic rings. The maximum atomic E-state index is 12.1. The van der Waals surface area contributed by atoms with Crippen LogP contribution in [0.2, 0.25) is 0 Å². The molecule has 1 aliphatic carbocycles. The number of hydrogen-bond acceptors (Lipinski definition) is 3. The fourth-order valence-electron chi connectivity index (χ4n) is 2.09. The van der Waals surface area contributed by atoms with Gasteiger partial charge in [-0.15, -0.1) is 0 Å². The van der Waals surface area contributed by atoms with Gasteiger partial charge in [-0.25, -0.2) is 0 Å². The Bertz CT molecular complexity index is 302. The van der Waals surface area contributed by atoms with Gasteiger partial charge in [-0.2, -0.15) is 0 Å². The van der Waals surface area contributed by atoms with Gasteiger partial charge in [-0.1, -0.05) is 6.92 Å². The molecule has 2 fully saturated rings. The Balaban J connectivity index is 1.82. The fourth-order valence-corrected chi connectivity index (χ4v) is 2.09. The molecular weight excluding hydrogens is 220 g/mol. The van der Waals surface area contributed by atoms with Gasteiger partial charge in [0.2, 0.25) is 11.8 Å². The summed E-state index contributed by atoms with van der Waals surface area (Å²) in [6.45, 7) is 3.97. The first kappa shape index (κ1) is 12.4. The zero-order valence-electron chi connectivity index (χ0n) is 10.3. The van der Waals surface area contributed by atoms with E-state index in [2.05, 4.69) is 5.32 Å². The van der Waals surface area contributed by atoms with Crippen LogP contribution in [0.4, 0.5) is 0 Å². The largest absolute Gasteiger partial charge is 0.380 e. The van der Waals surface area contributed by atoms with Gasteiger partial charge in [0.15, 0.2) is 0 Å². The molecule has 1 heterocycles. The van der Waals surface area contributed by atoms with Crippen LogP contribution in [0.15, 0.2) is 0 Å². The van der Waals surface area contributed by atoms with Crippen molar-refractivity contribution in [2.24, 2.45) is 5.92 Å². The van der Waals surface area contributed by atoms with Crippen molar-refractivity contribution in [3.8, 4) is 0 Å². The molecular formula is C12H20N2O3. The minimum Gasteiger partial charge on any atom is -0.380 e. The predicted molar refractivity (Wildman–Crippen MR) is 62.3 cm³/mol. The van der Waals surface area contributed by atoms with Gasteiger partial charge < -0.3 is 15.0 Å². The molecule has 1 aliphatic heterocycles. The van der Waals surface area contributed by atoms with E-state index < -0.39 is 0 Å². The van der Waals surface area contributed by atoms with Crippen molar-refractivity contribution in [2.75, 3.05) is 26.3 Å². The van der Waals surface area contributed by atoms with Crippen LogP contribution in [0, 0.1) is 5.92 Å². The third-order valence-electron chi connectivity index (χ3n) is 3.18. The molecule has 1 saturated heterocycles. The summed E-state index contributed by atoms with van der Waals surface area (Å²) in [6.07, 6.45) is 3.08. The summed E-state index contributed by atoms with van der Waals surface area (Å²) in [5, 5.41) is 2.79. The molecule has 2 amide bonds. The molecule has 2 aliphatic rings. The lowest BCUT2D eigenvalue weighted by Crippen LogP contribution is -2.59. The Hall–Kier alpha value is -1.10. The lowest BCUT2D eigenvalue weighted by atomic mass is 10.1. The topological polar surface area (TPSA) is 58.6 Å². The maximum Gasteiger partial charge on any atom is 0.245 e. The molecule has 1 N–H and O–H groups in total. The summed E-state index contributed by atoms with van der Waals surface area (Å²) in [7, 11) is 0. The number of piperazine rings is 1. The third kappa shape index (κ3) is 3.19. The van der Waals surface area contributed by atoms with E-state index in [4.69, 9.17) is 4.74 Å². The van der Waals surface area contributed by atoms with E-state index in [1.165, 1.54) is 0 Å². The van der Waals surface area contributed by atoms with Crippen LogP contribution >= 0.6 is 0 Å². The highest BCUT2D eigenvalue weighted by molar-refractivity contribution is 5.95. The Labute approximate surface area is 101 Å². The predicted octanol–water partition coefficient (Wildman–Crippen LogP) is 0.150. The molecule has 5 heteroatoms. The van der Waals surface area contributed by atoms with Gasteiger partial charge in [0.1, 0.15) is 6.04 Å². The minimum atomic E-state index is -0.276. The van der Waals surface area contributed by atoms with Crippen LogP contribution < -0.4 is 5.32 Å². The summed E-state index contributed by atoms with van der Waals surface area (Å²) in [5.41, 5.74) is 0. The molecule has 0 bridgehead atoms. The molecule has 17 heavy (non-hydrogen) atoms. The van der Waals surface area contributed by atoms with Crippen LogP contribution in [-0.4, -0.2) is 49.1 Å². The number of carbonyl (C=O) groups is 2. The number of carbonyl (C=O) groups excluding carboxylic acids is 2. The summed E-state index contributed by atoms with van der Waals surface area (Å²) in [6, 6.07) is -0.276. The van der Waals surface area contributed by atoms with E-state index in [1.807, 2.05) is 6.92 Å². The van der Waals surface area contributed by atoms with Gasteiger partial charge in [-0.05, 0) is 25.2 Å². The highest BCUT2D eigenvalue weighted by atomic mass is 16.5. The summed E-state index contributed by atoms with van der Waals surface area (Å²) in [4.78, 5) is 25.2. The maximum absolute atomic E-state index is 12.1. The quantitative estimate of drug-likeness (QED) is 0.672. The van der Waals surface area contributed by atoms with Crippen molar-refractivity contribution in [2.45, 2.75) is 32.2 Å². The average molecular weight is 240 g/mol. The Morgan fingerprint density at radius 1 is 1.35 bits per heavy atom. The minimum absolute atomic E-state index is 0.0445. The van der Waals surface area contributed by atoms with Crippen molar-refractivity contribution >= 4 is 11.8 Å². The first-order chi connectivity index (χ1) is 8.22. The molecule has 1 unspecified atom stereocenters. The number of nitrogens with one attached hydrogen (secondary N) is 1. The second-order valence-electron chi connectivity index (χ2n) is 4.75. The molecule has 96 valence electrons. The van der Waals surface area contributed by atoms with Crippen LogP contribution in [0.5, 0.6) is 0 Å². The summed E-state index contributed by atoms with van der Waals surface area (Å²) in [5.74, 6) is 0.384. The average Bonchev–Trinajstić information content (AvgIpc) is 3.12. The van der Waals surface area contributed by atoms with Crippen molar-refractivity contribution in [1.82, 2.24) is 10.2 Å². The van der Waals surface area contributed by atoms with E-state index in [0.717, 1.165) is 19.3 Å². The van der Waals surface area contributed by atoms with Gasteiger partial charge in [0, 0.05) is 13.2 Å². The van der Waals surface area contributed by atoms with Gasteiger partial charge in [0.05, 0.1) is 13.2 Å². The number of rotatable bonds is 6. The Kier molecular flexibility index (Phi) is 3.99. The lowest BCUT2D eigenvalue weighted by Gasteiger charge is -2.32. The molecule has 1 atom stereocenters. The molecule has 1 saturated carbocycles. The smallest absolute Gasteiger partial charge is 0.245 e. The summed E-state index contributed by atoms with van der Waals surface area (Å²) < 4.78 is 5.35. The Morgan fingerprint density at radius 3 is 2.76 bits per heavy atom. The number of ether oxygens (including phenoxy) is 1. The van der Waals surface area contributed by atoms with Gasteiger partial charge >= 0.3 is 0 Å². The second kappa shape index (κ2) is 5.49. The highest BCUT2D eigenvalue weighted by Crippen LogP contribution is 2.34. The zero-order chi connectivity index (χ0) is 12.3. The van der Waals surface area contributed by atoms with Crippen molar-refractivity contribution in [3.05, 3.63) is 0 Å². The molecule has 0 radical (unpaired) electrons. The van der Waals surface area contributed by atoms with E-state index in [0.29, 0.717) is 25.7 Å². The number of amides is 2. The molecule has 0 spiro atoms. The van der Waals surface area contributed by atoms with Crippen LogP contribution in [0.25, 0.3) is 0 Å². The molecule has 5 nitrogen and oxygen atoms in total. The molecule has 0 aromatic carbocycles. The van der Waals surface area contributed by atoms with Gasteiger partial charge in [0.25, 0.3) is 0 Å². The number of nitrogens with zero attached hydrogens (tertiary/aromatic N) is 1.